The standard InChI is InChI=1S/C31H31ClN4O3S2/c1-20-11-14-34(15-12-20)26(37)17-35-27(38)19-41-30(22-13-16-40-18-22)28-29(21-3-5-23(32)6-4-21)33-36(31(28)35)24-7-9-25(39-2)10-8-24/h3-10,13,16,18,20,30H,11-12,14-15,17,19H2,1-2H3/t30-/m1/s1. The van der Waals surface area contributed by atoms with Gasteiger partial charge in [0.25, 0.3) is 0 Å². The lowest BCUT2D eigenvalue weighted by Crippen LogP contribution is -2.46. The van der Waals surface area contributed by atoms with Crippen molar-refractivity contribution in [2.75, 3.05) is 37.4 Å². The van der Waals surface area contributed by atoms with Gasteiger partial charge in [0.1, 0.15) is 18.1 Å². The van der Waals surface area contributed by atoms with Gasteiger partial charge < -0.3 is 9.64 Å². The van der Waals surface area contributed by atoms with E-state index >= 15 is 0 Å². The maximum absolute atomic E-state index is 13.9. The van der Waals surface area contributed by atoms with Gasteiger partial charge in [-0.1, -0.05) is 30.7 Å². The van der Waals surface area contributed by atoms with Crippen LogP contribution in [0.25, 0.3) is 16.9 Å². The first-order chi connectivity index (χ1) is 19.9. The zero-order valence-electron chi connectivity index (χ0n) is 23.0. The third-order valence-corrected chi connectivity index (χ3v) is 10.0. The molecule has 41 heavy (non-hydrogen) atoms. The number of benzene rings is 2. The molecule has 2 aliphatic rings. The zero-order chi connectivity index (χ0) is 28.5. The summed E-state index contributed by atoms with van der Waals surface area (Å²) in [7, 11) is 1.63. The van der Waals surface area contributed by atoms with Crippen molar-refractivity contribution in [3.8, 4) is 22.7 Å². The Morgan fingerprint density at radius 3 is 2.46 bits per heavy atom. The molecule has 1 atom stereocenters. The molecule has 2 aliphatic heterocycles. The minimum atomic E-state index is -0.145. The van der Waals surface area contributed by atoms with E-state index in [1.165, 1.54) is 0 Å². The number of ether oxygens (including phenoxy) is 1. The highest BCUT2D eigenvalue weighted by Gasteiger charge is 2.38. The molecular formula is C31H31ClN4O3S2. The number of piperidine rings is 1. The molecule has 4 aromatic rings. The van der Waals surface area contributed by atoms with Crippen LogP contribution < -0.4 is 9.64 Å². The van der Waals surface area contributed by atoms with Crippen LogP contribution in [0.4, 0.5) is 5.82 Å². The van der Waals surface area contributed by atoms with Crippen molar-refractivity contribution in [2.45, 2.75) is 25.0 Å². The molecule has 1 fully saturated rings. The molecule has 6 rings (SSSR count). The highest BCUT2D eigenvalue weighted by atomic mass is 35.5. The number of hydrogen-bond donors (Lipinski definition) is 0. The highest BCUT2D eigenvalue weighted by molar-refractivity contribution is 8.00. The van der Waals surface area contributed by atoms with E-state index in [0.29, 0.717) is 16.8 Å². The summed E-state index contributed by atoms with van der Waals surface area (Å²) in [6, 6.07) is 17.3. The molecule has 2 amide bonds. The summed E-state index contributed by atoms with van der Waals surface area (Å²) < 4.78 is 7.21. The largest absolute Gasteiger partial charge is 0.497 e. The molecule has 2 aromatic carbocycles. The number of nitrogens with zero attached hydrogens (tertiary/aromatic N) is 4. The van der Waals surface area contributed by atoms with Gasteiger partial charge in [0.05, 0.1) is 29.5 Å². The maximum atomic E-state index is 13.9. The van der Waals surface area contributed by atoms with Gasteiger partial charge in [0, 0.05) is 29.2 Å². The number of likely N-dealkylation sites (tertiary alicyclic amines) is 1. The third-order valence-electron chi connectivity index (χ3n) is 7.80. The van der Waals surface area contributed by atoms with Crippen LogP contribution in [-0.4, -0.2) is 59.0 Å². The van der Waals surface area contributed by atoms with Gasteiger partial charge >= 0.3 is 0 Å². The van der Waals surface area contributed by atoms with E-state index in [1.807, 2.05) is 58.1 Å². The molecule has 0 spiro atoms. The van der Waals surface area contributed by atoms with Gasteiger partial charge in [-0.2, -0.15) is 16.4 Å². The van der Waals surface area contributed by atoms with E-state index < -0.39 is 0 Å². The molecule has 0 N–H and O–H groups in total. The highest BCUT2D eigenvalue weighted by Crippen LogP contribution is 2.49. The first kappa shape index (κ1) is 27.9. The SMILES string of the molecule is COc1ccc(-n2nc(-c3ccc(Cl)cc3)c3c2N(CC(=O)N2CCC(C)CC2)C(=O)CS[C@@H]3c2ccsc2)cc1. The van der Waals surface area contributed by atoms with Gasteiger partial charge in [0.2, 0.25) is 11.8 Å². The summed E-state index contributed by atoms with van der Waals surface area (Å²) in [4.78, 5) is 31.1. The van der Waals surface area contributed by atoms with Gasteiger partial charge in [-0.15, -0.1) is 11.8 Å². The number of anilines is 1. The summed E-state index contributed by atoms with van der Waals surface area (Å²) in [6.07, 6.45) is 1.96. The normalized spacial score (nSPS) is 17.8. The van der Waals surface area contributed by atoms with E-state index in [0.717, 1.165) is 59.8 Å². The fourth-order valence-electron chi connectivity index (χ4n) is 5.42. The second-order valence-corrected chi connectivity index (χ2v) is 12.8. The number of thiophene rings is 1. The van der Waals surface area contributed by atoms with Crippen molar-refractivity contribution in [2.24, 2.45) is 5.92 Å². The van der Waals surface area contributed by atoms with E-state index in [1.54, 1.807) is 35.1 Å². The van der Waals surface area contributed by atoms with Gasteiger partial charge in [-0.3, -0.25) is 14.5 Å². The summed E-state index contributed by atoms with van der Waals surface area (Å²) in [5.41, 5.74) is 4.45. The van der Waals surface area contributed by atoms with Crippen molar-refractivity contribution in [1.29, 1.82) is 0 Å². The fraction of sp³-hybridized carbons (Fsp3) is 0.323. The van der Waals surface area contributed by atoms with Gasteiger partial charge in [-0.05, 0) is 77.5 Å². The Morgan fingerprint density at radius 1 is 1.07 bits per heavy atom. The summed E-state index contributed by atoms with van der Waals surface area (Å²) in [6.45, 7) is 3.63. The second-order valence-electron chi connectivity index (χ2n) is 10.5. The van der Waals surface area contributed by atoms with Crippen LogP contribution in [-0.2, 0) is 9.59 Å². The van der Waals surface area contributed by atoms with Crippen LogP contribution in [0.5, 0.6) is 5.75 Å². The number of fused-ring (bicyclic) bond motifs is 1. The van der Waals surface area contributed by atoms with Crippen molar-refractivity contribution >= 4 is 52.3 Å². The number of thioether (sulfide) groups is 1. The van der Waals surface area contributed by atoms with E-state index in [-0.39, 0.29) is 29.4 Å². The quantitative estimate of drug-likeness (QED) is 0.245. The minimum Gasteiger partial charge on any atom is -0.497 e. The van der Waals surface area contributed by atoms with E-state index in [4.69, 9.17) is 21.4 Å². The molecule has 0 unspecified atom stereocenters. The maximum Gasteiger partial charge on any atom is 0.242 e. The number of hydrogen-bond acceptors (Lipinski definition) is 6. The number of aromatic nitrogens is 2. The number of amides is 2. The van der Waals surface area contributed by atoms with Crippen molar-refractivity contribution < 1.29 is 14.3 Å². The Morgan fingerprint density at radius 2 is 1.80 bits per heavy atom. The first-order valence-electron chi connectivity index (χ1n) is 13.7. The van der Waals surface area contributed by atoms with Crippen LogP contribution in [0.3, 0.4) is 0 Å². The molecule has 0 saturated carbocycles. The van der Waals surface area contributed by atoms with Crippen LogP contribution >= 0.6 is 34.7 Å². The number of carbonyl (C=O) groups excluding carboxylic acids is 2. The number of halogens is 1. The second kappa shape index (κ2) is 11.9. The summed E-state index contributed by atoms with van der Waals surface area (Å²) >= 11 is 9.46. The topological polar surface area (TPSA) is 67.7 Å². The average molecular weight is 607 g/mol. The first-order valence-corrected chi connectivity index (χ1v) is 16.0. The van der Waals surface area contributed by atoms with E-state index in [9.17, 15) is 9.59 Å². The molecule has 212 valence electrons. The van der Waals surface area contributed by atoms with Crippen molar-refractivity contribution in [3.05, 3.63) is 81.5 Å². The minimum absolute atomic E-state index is 0.0287. The van der Waals surface area contributed by atoms with Crippen LogP contribution in [0.1, 0.15) is 36.1 Å². The Balaban J connectivity index is 1.54. The molecule has 7 nitrogen and oxygen atoms in total. The molecule has 1 saturated heterocycles. The Hall–Kier alpha value is -3.27. The average Bonchev–Trinajstić information content (AvgIpc) is 3.63. The third kappa shape index (κ3) is 5.63. The Bertz CT molecular complexity index is 1530. The molecule has 4 heterocycles. The van der Waals surface area contributed by atoms with Crippen molar-refractivity contribution in [1.82, 2.24) is 14.7 Å². The molecular weight excluding hydrogens is 576 g/mol. The summed E-state index contributed by atoms with van der Waals surface area (Å²) in [5.74, 6) is 2.06. The lowest BCUT2D eigenvalue weighted by atomic mass is 9.99. The monoisotopic (exact) mass is 606 g/mol. The fourth-order valence-corrected chi connectivity index (χ4v) is 7.51. The lowest BCUT2D eigenvalue weighted by molar-refractivity contribution is -0.132. The summed E-state index contributed by atoms with van der Waals surface area (Å²) in [5, 5.41) is 9.80. The molecule has 0 bridgehead atoms. The smallest absolute Gasteiger partial charge is 0.242 e. The van der Waals surface area contributed by atoms with Crippen molar-refractivity contribution in [3.63, 3.8) is 0 Å². The number of carbonyl (C=O) groups is 2. The van der Waals surface area contributed by atoms with Gasteiger partial charge in [-0.25, -0.2) is 4.68 Å². The van der Waals surface area contributed by atoms with E-state index in [2.05, 4.69) is 23.8 Å². The zero-order valence-corrected chi connectivity index (χ0v) is 25.3. The predicted molar refractivity (Wildman–Crippen MR) is 167 cm³/mol. The molecule has 10 heteroatoms. The number of rotatable bonds is 6. The predicted octanol–water partition coefficient (Wildman–Crippen LogP) is 6.69. The molecule has 2 aromatic heterocycles. The van der Waals surface area contributed by atoms with Crippen LogP contribution in [0.15, 0.2) is 65.4 Å². The molecule has 0 aliphatic carbocycles. The van der Waals surface area contributed by atoms with Crippen LogP contribution in [0.2, 0.25) is 5.02 Å². The Kier molecular flexibility index (Phi) is 8.10. The lowest BCUT2D eigenvalue weighted by Gasteiger charge is -2.32. The molecule has 0 radical (unpaired) electrons. The van der Waals surface area contributed by atoms with Crippen LogP contribution in [0, 0.1) is 5.92 Å². The van der Waals surface area contributed by atoms with Gasteiger partial charge in [0.15, 0.2) is 0 Å². The number of methoxy groups -OCH3 is 1. The Labute approximate surface area is 253 Å².